The number of carbonyl (C=O) groups excluding carboxylic acids is 1. The summed E-state index contributed by atoms with van der Waals surface area (Å²) in [6.45, 7) is 3.73. The van der Waals surface area contributed by atoms with E-state index in [0.29, 0.717) is 5.69 Å². The quantitative estimate of drug-likeness (QED) is 0.942. The van der Waals surface area contributed by atoms with Crippen LogP contribution in [0.1, 0.15) is 41.4 Å². The third-order valence-electron chi connectivity index (χ3n) is 2.73. The van der Waals surface area contributed by atoms with Crippen LogP contribution in [-0.4, -0.2) is 16.0 Å². The van der Waals surface area contributed by atoms with Crippen LogP contribution in [0.5, 0.6) is 0 Å². The van der Waals surface area contributed by atoms with Crippen molar-refractivity contribution in [1.82, 2.24) is 10.1 Å². The van der Waals surface area contributed by atoms with E-state index in [2.05, 4.69) is 15.5 Å². The van der Waals surface area contributed by atoms with Crippen molar-refractivity contribution in [3.05, 3.63) is 41.3 Å². The van der Waals surface area contributed by atoms with E-state index in [1.54, 1.807) is 0 Å². The Morgan fingerprint density at radius 1 is 1.38 bits per heavy atom. The molecule has 0 saturated carbocycles. The summed E-state index contributed by atoms with van der Waals surface area (Å²) in [5, 5.41) is 5.94. The summed E-state index contributed by atoms with van der Waals surface area (Å²) < 4.78 is 43.3. The molecule has 0 radical (unpaired) electrons. The predicted molar refractivity (Wildman–Crippen MR) is 67.8 cm³/mol. The first-order chi connectivity index (χ1) is 9.79. The van der Waals surface area contributed by atoms with Gasteiger partial charge in [0.2, 0.25) is 5.88 Å². The van der Waals surface area contributed by atoms with E-state index in [1.807, 2.05) is 13.8 Å². The van der Waals surface area contributed by atoms with E-state index in [-0.39, 0.29) is 11.8 Å². The molecule has 1 amide bonds. The van der Waals surface area contributed by atoms with E-state index < -0.39 is 23.2 Å². The van der Waals surface area contributed by atoms with Crippen LogP contribution in [-0.2, 0) is 6.18 Å². The van der Waals surface area contributed by atoms with Crippen LogP contribution in [0.25, 0.3) is 0 Å². The van der Waals surface area contributed by atoms with E-state index >= 15 is 0 Å². The van der Waals surface area contributed by atoms with Crippen molar-refractivity contribution in [2.75, 3.05) is 5.32 Å². The molecule has 0 unspecified atom stereocenters. The van der Waals surface area contributed by atoms with Gasteiger partial charge in [-0.2, -0.15) is 13.2 Å². The van der Waals surface area contributed by atoms with Gasteiger partial charge in [0.15, 0.2) is 0 Å². The average Bonchev–Trinajstić information content (AvgIpc) is 2.86. The number of halogens is 3. The van der Waals surface area contributed by atoms with Crippen LogP contribution >= 0.6 is 0 Å². The van der Waals surface area contributed by atoms with Gasteiger partial charge in [0.1, 0.15) is 0 Å². The van der Waals surface area contributed by atoms with Crippen LogP contribution in [0.15, 0.2) is 29.0 Å². The first-order valence-electron chi connectivity index (χ1n) is 6.08. The molecule has 112 valence electrons. The second kappa shape index (κ2) is 5.55. The van der Waals surface area contributed by atoms with Gasteiger partial charge in [-0.05, 0) is 12.0 Å². The van der Waals surface area contributed by atoms with E-state index in [4.69, 9.17) is 4.52 Å². The fraction of sp³-hybridized carbons (Fsp3) is 0.308. The Kier molecular flexibility index (Phi) is 3.97. The normalized spacial score (nSPS) is 11.7. The van der Waals surface area contributed by atoms with Crippen molar-refractivity contribution in [2.45, 2.75) is 25.9 Å². The molecule has 0 aliphatic rings. The van der Waals surface area contributed by atoms with Gasteiger partial charge in [-0.3, -0.25) is 15.1 Å². The van der Waals surface area contributed by atoms with Crippen LogP contribution in [0.2, 0.25) is 0 Å². The molecule has 8 heteroatoms. The lowest BCUT2D eigenvalue weighted by Gasteiger charge is -2.10. The van der Waals surface area contributed by atoms with Gasteiger partial charge >= 0.3 is 6.18 Å². The molecule has 5 nitrogen and oxygen atoms in total. The zero-order chi connectivity index (χ0) is 15.6. The number of pyridine rings is 1. The van der Waals surface area contributed by atoms with Gasteiger partial charge in [-0.1, -0.05) is 19.0 Å². The summed E-state index contributed by atoms with van der Waals surface area (Å²) in [6.07, 6.45) is -2.80. The maximum absolute atomic E-state index is 12.8. The molecule has 21 heavy (non-hydrogen) atoms. The van der Waals surface area contributed by atoms with E-state index in [9.17, 15) is 18.0 Å². The summed E-state index contributed by atoms with van der Waals surface area (Å²) in [5.74, 6) is -0.897. The molecule has 2 aromatic rings. The van der Waals surface area contributed by atoms with Crippen molar-refractivity contribution in [3.8, 4) is 0 Å². The summed E-state index contributed by atoms with van der Waals surface area (Å²) in [6, 6.07) is 2.21. The Labute approximate surface area is 118 Å². The maximum atomic E-state index is 12.8. The smallest absolute Gasteiger partial charge is 0.338 e. The summed E-state index contributed by atoms with van der Waals surface area (Å²) in [7, 11) is 0. The summed E-state index contributed by atoms with van der Waals surface area (Å²) >= 11 is 0. The lowest BCUT2D eigenvalue weighted by Crippen LogP contribution is -2.18. The highest BCUT2D eigenvalue weighted by Gasteiger charge is 2.35. The third-order valence-corrected chi connectivity index (χ3v) is 2.73. The number of carbonyl (C=O) groups is 1. The number of anilines is 1. The molecular weight excluding hydrogens is 287 g/mol. The first-order valence-corrected chi connectivity index (χ1v) is 6.08. The van der Waals surface area contributed by atoms with Crippen LogP contribution in [0.3, 0.4) is 0 Å². The van der Waals surface area contributed by atoms with E-state index in [0.717, 1.165) is 18.5 Å². The van der Waals surface area contributed by atoms with Crippen molar-refractivity contribution in [2.24, 2.45) is 0 Å². The lowest BCUT2D eigenvalue weighted by molar-refractivity contribution is -0.138. The van der Waals surface area contributed by atoms with Gasteiger partial charge < -0.3 is 4.52 Å². The molecule has 0 aromatic carbocycles. The SMILES string of the molecule is CC(C)c1cc(NC(=O)c2cnccc2C(F)(F)F)on1. The first kappa shape index (κ1) is 15.0. The highest BCUT2D eigenvalue weighted by molar-refractivity contribution is 6.04. The molecule has 0 atom stereocenters. The Morgan fingerprint density at radius 2 is 2.10 bits per heavy atom. The number of rotatable bonds is 3. The zero-order valence-electron chi connectivity index (χ0n) is 11.2. The molecule has 0 aliphatic carbocycles. The summed E-state index contributed by atoms with van der Waals surface area (Å²) in [5.41, 5.74) is -1.04. The number of hydrogen-bond donors (Lipinski definition) is 1. The minimum Gasteiger partial charge on any atom is -0.338 e. The van der Waals surface area contributed by atoms with Crippen LogP contribution < -0.4 is 5.32 Å². The molecule has 0 bridgehead atoms. The van der Waals surface area contributed by atoms with Gasteiger partial charge in [-0.25, -0.2) is 0 Å². The Hall–Kier alpha value is -2.38. The highest BCUT2D eigenvalue weighted by atomic mass is 19.4. The van der Waals surface area contributed by atoms with Crippen LogP contribution in [0.4, 0.5) is 19.1 Å². The van der Waals surface area contributed by atoms with Gasteiger partial charge in [-0.15, -0.1) is 0 Å². The number of alkyl halides is 3. The zero-order valence-corrected chi connectivity index (χ0v) is 11.2. The second-order valence-corrected chi connectivity index (χ2v) is 4.64. The molecule has 0 aliphatic heterocycles. The number of nitrogens with one attached hydrogen (secondary N) is 1. The lowest BCUT2D eigenvalue weighted by atomic mass is 10.1. The average molecular weight is 299 g/mol. The minimum absolute atomic E-state index is 0.0133. The number of aromatic nitrogens is 2. The molecule has 0 spiro atoms. The molecule has 2 heterocycles. The fourth-order valence-corrected chi connectivity index (χ4v) is 1.62. The maximum Gasteiger partial charge on any atom is 0.417 e. The summed E-state index contributed by atoms with van der Waals surface area (Å²) in [4.78, 5) is 15.5. The molecule has 1 N–H and O–H groups in total. The topological polar surface area (TPSA) is 68.0 Å². The van der Waals surface area contributed by atoms with Gasteiger partial charge in [0, 0.05) is 18.5 Å². The molecule has 2 aromatic heterocycles. The molecule has 2 rings (SSSR count). The molecule has 0 saturated heterocycles. The second-order valence-electron chi connectivity index (χ2n) is 4.64. The molecule has 0 fully saturated rings. The van der Waals surface area contributed by atoms with Gasteiger partial charge in [0.25, 0.3) is 5.91 Å². The standard InChI is InChI=1S/C13H12F3N3O2/c1-7(2)10-5-11(21-19-10)18-12(20)8-6-17-4-3-9(8)13(14,15)16/h3-7H,1-2H3,(H,18,20). The monoisotopic (exact) mass is 299 g/mol. The Morgan fingerprint density at radius 3 is 2.67 bits per heavy atom. The van der Waals surface area contributed by atoms with Gasteiger partial charge in [0.05, 0.1) is 16.8 Å². The van der Waals surface area contributed by atoms with E-state index in [1.165, 1.54) is 6.07 Å². The fourth-order valence-electron chi connectivity index (χ4n) is 1.62. The number of nitrogens with zero attached hydrogens (tertiary/aromatic N) is 2. The number of amides is 1. The van der Waals surface area contributed by atoms with Crippen LogP contribution in [0, 0.1) is 0 Å². The predicted octanol–water partition coefficient (Wildman–Crippen LogP) is 3.46. The Bertz CT molecular complexity index is 650. The largest absolute Gasteiger partial charge is 0.417 e. The third kappa shape index (κ3) is 3.39. The minimum atomic E-state index is -4.64. The van der Waals surface area contributed by atoms with Crippen molar-refractivity contribution >= 4 is 11.8 Å². The molecular formula is C13H12F3N3O2. The Balaban J connectivity index is 2.24. The number of hydrogen-bond acceptors (Lipinski definition) is 4. The highest BCUT2D eigenvalue weighted by Crippen LogP contribution is 2.31. The van der Waals surface area contributed by atoms with Crippen molar-refractivity contribution in [1.29, 1.82) is 0 Å². The van der Waals surface area contributed by atoms with Crippen molar-refractivity contribution < 1.29 is 22.5 Å². The van der Waals surface area contributed by atoms with Crippen molar-refractivity contribution in [3.63, 3.8) is 0 Å².